The Morgan fingerprint density at radius 3 is 2.54 bits per heavy atom. The third-order valence-electron chi connectivity index (χ3n) is 7.31. The summed E-state index contributed by atoms with van der Waals surface area (Å²) >= 11 is 1.52. The second-order valence-corrected chi connectivity index (χ2v) is 11.2. The van der Waals surface area contributed by atoms with E-state index in [0.29, 0.717) is 30.2 Å². The van der Waals surface area contributed by atoms with Crippen LogP contribution in [0.15, 0.2) is 54.6 Å². The van der Waals surface area contributed by atoms with E-state index in [9.17, 15) is 14.4 Å². The molecule has 192 valence electrons. The standard InChI is InChI=1S/C30H33N3O3S/c1-20-11-13-21(14-12-20)15-16-33-19-23(17-26(33)34)28(35)32-30-27(24-9-5-6-10-25(24)37-30)29(36)31-18-22-7-3-2-4-8-22/h2-4,7-8,11-14,23H,5-6,9-10,15-19H2,1H3,(H,31,36)(H,32,35). The number of anilines is 1. The SMILES string of the molecule is Cc1ccc(CCN2CC(C(=O)Nc3sc4c(c3C(=O)NCc3ccccc3)CCCC4)CC2=O)cc1. The van der Waals surface area contributed by atoms with E-state index in [2.05, 4.69) is 41.8 Å². The lowest BCUT2D eigenvalue weighted by Gasteiger charge is -2.17. The lowest BCUT2D eigenvalue weighted by molar-refractivity contribution is -0.128. The molecule has 2 aliphatic rings. The average molecular weight is 516 g/mol. The molecule has 1 fully saturated rings. The second-order valence-electron chi connectivity index (χ2n) is 10.0. The molecule has 7 heteroatoms. The van der Waals surface area contributed by atoms with Crippen LogP contribution in [-0.4, -0.2) is 35.7 Å². The van der Waals surface area contributed by atoms with Gasteiger partial charge in [-0.1, -0.05) is 60.2 Å². The van der Waals surface area contributed by atoms with Gasteiger partial charge in [0.15, 0.2) is 0 Å². The second kappa shape index (κ2) is 11.3. The zero-order valence-electron chi connectivity index (χ0n) is 21.2. The lowest BCUT2D eigenvalue weighted by atomic mass is 9.95. The number of nitrogens with one attached hydrogen (secondary N) is 2. The Morgan fingerprint density at radius 2 is 1.76 bits per heavy atom. The average Bonchev–Trinajstić information content (AvgIpc) is 3.47. The third kappa shape index (κ3) is 5.93. The molecule has 1 unspecified atom stereocenters. The molecule has 0 radical (unpaired) electrons. The topological polar surface area (TPSA) is 78.5 Å². The lowest BCUT2D eigenvalue weighted by Crippen LogP contribution is -2.30. The van der Waals surface area contributed by atoms with Gasteiger partial charge in [-0.3, -0.25) is 14.4 Å². The van der Waals surface area contributed by atoms with Crippen molar-refractivity contribution in [2.24, 2.45) is 5.92 Å². The van der Waals surface area contributed by atoms with Gasteiger partial charge in [-0.25, -0.2) is 0 Å². The first kappa shape index (κ1) is 25.2. The van der Waals surface area contributed by atoms with Crippen LogP contribution in [0.5, 0.6) is 0 Å². The number of amides is 3. The van der Waals surface area contributed by atoms with Gasteiger partial charge in [0, 0.05) is 30.9 Å². The first-order valence-electron chi connectivity index (χ1n) is 13.1. The highest BCUT2D eigenvalue weighted by atomic mass is 32.1. The summed E-state index contributed by atoms with van der Waals surface area (Å²) in [7, 11) is 0. The van der Waals surface area contributed by atoms with Crippen LogP contribution in [0.4, 0.5) is 5.00 Å². The molecule has 0 saturated carbocycles. The Kier molecular flexibility index (Phi) is 7.70. The minimum Gasteiger partial charge on any atom is -0.348 e. The number of benzene rings is 2. The van der Waals surface area contributed by atoms with E-state index in [1.165, 1.54) is 27.3 Å². The van der Waals surface area contributed by atoms with Gasteiger partial charge in [-0.05, 0) is 55.7 Å². The number of fused-ring (bicyclic) bond motifs is 1. The fourth-order valence-electron chi connectivity index (χ4n) is 5.16. The van der Waals surface area contributed by atoms with Gasteiger partial charge in [-0.15, -0.1) is 11.3 Å². The maximum absolute atomic E-state index is 13.3. The summed E-state index contributed by atoms with van der Waals surface area (Å²) in [6.07, 6.45) is 4.90. The molecular weight excluding hydrogens is 482 g/mol. The summed E-state index contributed by atoms with van der Waals surface area (Å²) in [5.74, 6) is -0.730. The zero-order chi connectivity index (χ0) is 25.8. The van der Waals surface area contributed by atoms with Crippen LogP contribution in [0.25, 0.3) is 0 Å². The highest BCUT2D eigenvalue weighted by Crippen LogP contribution is 2.38. The van der Waals surface area contributed by atoms with Gasteiger partial charge in [0.25, 0.3) is 5.91 Å². The van der Waals surface area contributed by atoms with Crippen molar-refractivity contribution in [3.05, 3.63) is 87.3 Å². The molecule has 1 aliphatic carbocycles. The van der Waals surface area contributed by atoms with Gasteiger partial charge in [0.05, 0.1) is 11.5 Å². The highest BCUT2D eigenvalue weighted by molar-refractivity contribution is 7.17. The van der Waals surface area contributed by atoms with E-state index in [1.807, 2.05) is 30.3 Å². The fraction of sp³-hybridized carbons (Fsp3) is 0.367. The Morgan fingerprint density at radius 1 is 1.00 bits per heavy atom. The van der Waals surface area contributed by atoms with Crippen LogP contribution in [0.3, 0.4) is 0 Å². The fourth-order valence-corrected chi connectivity index (χ4v) is 6.45. The molecule has 2 heterocycles. The molecule has 0 bridgehead atoms. The summed E-state index contributed by atoms with van der Waals surface area (Å²) in [5.41, 5.74) is 5.09. The van der Waals surface area contributed by atoms with Crippen molar-refractivity contribution in [3.8, 4) is 0 Å². The molecule has 3 amide bonds. The Bertz CT molecular complexity index is 1280. The van der Waals surface area contributed by atoms with Crippen molar-refractivity contribution in [3.63, 3.8) is 0 Å². The van der Waals surface area contributed by atoms with Crippen LogP contribution in [0.2, 0.25) is 0 Å². The number of aryl methyl sites for hydroxylation is 2. The van der Waals surface area contributed by atoms with E-state index >= 15 is 0 Å². The van der Waals surface area contributed by atoms with Crippen LogP contribution in [0, 0.1) is 12.8 Å². The third-order valence-corrected chi connectivity index (χ3v) is 8.51. The molecular formula is C30H33N3O3S. The van der Waals surface area contributed by atoms with Crippen molar-refractivity contribution in [2.45, 2.75) is 52.0 Å². The monoisotopic (exact) mass is 515 g/mol. The van der Waals surface area contributed by atoms with Crippen LogP contribution in [0.1, 0.15) is 56.8 Å². The molecule has 0 spiro atoms. The Labute approximate surface area is 222 Å². The summed E-state index contributed by atoms with van der Waals surface area (Å²) < 4.78 is 0. The van der Waals surface area contributed by atoms with Crippen molar-refractivity contribution in [2.75, 3.05) is 18.4 Å². The minimum atomic E-state index is -0.412. The van der Waals surface area contributed by atoms with Crippen molar-refractivity contribution < 1.29 is 14.4 Å². The summed E-state index contributed by atoms with van der Waals surface area (Å²) in [6.45, 7) is 3.51. The molecule has 1 atom stereocenters. The molecule has 1 aromatic heterocycles. The van der Waals surface area contributed by atoms with Gasteiger partial charge < -0.3 is 15.5 Å². The minimum absolute atomic E-state index is 0.0126. The van der Waals surface area contributed by atoms with Crippen LogP contribution in [-0.2, 0) is 35.4 Å². The Hall–Kier alpha value is -3.45. The summed E-state index contributed by atoms with van der Waals surface area (Å²) in [6, 6.07) is 18.1. The normalized spacial score (nSPS) is 16.9. The molecule has 6 nitrogen and oxygen atoms in total. The van der Waals surface area contributed by atoms with Gasteiger partial charge in [0.2, 0.25) is 11.8 Å². The van der Waals surface area contributed by atoms with Crippen molar-refractivity contribution in [1.82, 2.24) is 10.2 Å². The van der Waals surface area contributed by atoms with Crippen LogP contribution < -0.4 is 10.6 Å². The predicted molar refractivity (Wildman–Crippen MR) is 147 cm³/mol. The molecule has 1 saturated heterocycles. The molecule has 3 aromatic rings. The molecule has 1 aliphatic heterocycles. The smallest absolute Gasteiger partial charge is 0.254 e. The number of thiophene rings is 1. The van der Waals surface area contributed by atoms with E-state index in [1.54, 1.807) is 4.90 Å². The number of likely N-dealkylation sites (tertiary alicyclic amines) is 1. The largest absolute Gasteiger partial charge is 0.348 e. The maximum Gasteiger partial charge on any atom is 0.254 e. The van der Waals surface area contributed by atoms with E-state index in [4.69, 9.17) is 0 Å². The van der Waals surface area contributed by atoms with E-state index in [0.717, 1.165) is 43.2 Å². The molecule has 5 rings (SSSR count). The number of carbonyl (C=O) groups excluding carboxylic acids is 3. The Balaban J connectivity index is 1.25. The summed E-state index contributed by atoms with van der Waals surface area (Å²) in [4.78, 5) is 42.2. The highest BCUT2D eigenvalue weighted by Gasteiger charge is 2.35. The first-order valence-corrected chi connectivity index (χ1v) is 13.9. The van der Waals surface area contributed by atoms with Gasteiger partial charge in [0.1, 0.15) is 5.00 Å². The number of hydrogen-bond acceptors (Lipinski definition) is 4. The number of hydrogen-bond donors (Lipinski definition) is 2. The molecule has 2 aromatic carbocycles. The van der Waals surface area contributed by atoms with E-state index in [-0.39, 0.29) is 24.1 Å². The quantitative estimate of drug-likeness (QED) is 0.448. The van der Waals surface area contributed by atoms with Crippen molar-refractivity contribution >= 4 is 34.1 Å². The number of nitrogens with zero attached hydrogens (tertiary/aromatic N) is 1. The first-order chi connectivity index (χ1) is 18.0. The van der Waals surface area contributed by atoms with Crippen molar-refractivity contribution in [1.29, 1.82) is 0 Å². The number of rotatable bonds is 8. The number of carbonyl (C=O) groups is 3. The van der Waals surface area contributed by atoms with Gasteiger partial charge >= 0.3 is 0 Å². The van der Waals surface area contributed by atoms with Gasteiger partial charge in [-0.2, -0.15) is 0 Å². The van der Waals surface area contributed by atoms with E-state index < -0.39 is 5.92 Å². The zero-order valence-corrected chi connectivity index (χ0v) is 22.0. The predicted octanol–water partition coefficient (Wildman–Crippen LogP) is 4.90. The maximum atomic E-state index is 13.3. The van der Waals surface area contributed by atoms with Crippen LogP contribution >= 0.6 is 11.3 Å². The summed E-state index contributed by atoms with van der Waals surface area (Å²) in [5, 5.41) is 6.71. The molecule has 2 N–H and O–H groups in total. The molecule has 37 heavy (non-hydrogen) atoms.